The van der Waals surface area contributed by atoms with Crippen molar-refractivity contribution >= 4 is 55.4 Å². The number of aliphatic hydroxyl groups excluding tert-OH is 1. The van der Waals surface area contributed by atoms with E-state index < -0.39 is 13.5 Å². The minimum atomic E-state index is -1.61. The van der Waals surface area contributed by atoms with Gasteiger partial charge in [-0.2, -0.15) is 16.0 Å². The van der Waals surface area contributed by atoms with Gasteiger partial charge in [0, 0.05) is 73.4 Å². The van der Waals surface area contributed by atoms with Crippen molar-refractivity contribution in [2.75, 3.05) is 65.7 Å². The number of halogens is 2. The predicted molar refractivity (Wildman–Crippen MR) is 511 cm³/mol. The number of hydrogen-bond acceptors (Lipinski definition) is 11. The average molecular weight is 1810 g/mol. The molecule has 1 amide bonds. The fraction of sp³-hybridized carbons (Fsp3) is 0.571. The van der Waals surface area contributed by atoms with Crippen molar-refractivity contribution < 1.29 is 61.5 Å². The van der Waals surface area contributed by atoms with Crippen LogP contribution < -0.4 is 4.90 Å². The molecule has 3 aliphatic carbocycles. The van der Waals surface area contributed by atoms with Crippen molar-refractivity contribution in [1.29, 1.82) is 0 Å². The summed E-state index contributed by atoms with van der Waals surface area (Å²) < 4.78 is 29.7. The molecule has 1 saturated heterocycles. The number of ketones is 1. The average Bonchev–Trinajstić information content (AvgIpc) is 1.80. The van der Waals surface area contributed by atoms with E-state index in [2.05, 4.69) is 141 Å². The van der Waals surface area contributed by atoms with E-state index in [9.17, 15) is 14.7 Å². The van der Waals surface area contributed by atoms with Crippen LogP contribution in [0.2, 0.25) is 0 Å². The summed E-state index contributed by atoms with van der Waals surface area (Å²) in [7, 11) is 16.6. The van der Waals surface area contributed by atoms with Crippen LogP contribution in [-0.2, 0) is 82.8 Å². The van der Waals surface area contributed by atoms with Gasteiger partial charge in [-0.05, 0) is 219 Å². The van der Waals surface area contributed by atoms with E-state index >= 15 is 0 Å². The first kappa shape index (κ1) is 110. The Morgan fingerprint density at radius 1 is 0.545 bits per heavy atom. The third-order valence-electron chi connectivity index (χ3n) is 22.5. The van der Waals surface area contributed by atoms with Crippen molar-refractivity contribution in [3.8, 4) is 0 Å². The van der Waals surface area contributed by atoms with E-state index in [4.69, 9.17) is 52.7 Å². The van der Waals surface area contributed by atoms with E-state index in [1.807, 2.05) is 141 Å². The van der Waals surface area contributed by atoms with Crippen LogP contribution in [0.3, 0.4) is 0 Å². The van der Waals surface area contributed by atoms with Gasteiger partial charge in [0.15, 0.2) is 5.78 Å². The van der Waals surface area contributed by atoms with Gasteiger partial charge in [-0.15, -0.1) is 0 Å². The first-order chi connectivity index (χ1) is 58.5. The molecule has 0 spiro atoms. The molecule has 0 aromatic heterocycles. The van der Waals surface area contributed by atoms with Crippen LogP contribution in [0.15, 0.2) is 189 Å². The Kier molecular flexibility index (Phi) is 63.9. The molecular weight excluding hydrogens is 1650 g/mol. The number of methoxy groups -OCH3 is 1. The quantitative estimate of drug-likeness (QED) is 0.0129. The summed E-state index contributed by atoms with van der Waals surface area (Å²) in [6.07, 6.45) is 41.0. The van der Waals surface area contributed by atoms with Gasteiger partial charge in [0.05, 0.1) is 62.7 Å². The number of carbonyl (C=O) groups is 2. The van der Waals surface area contributed by atoms with E-state index in [0.29, 0.717) is 81.4 Å². The van der Waals surface area contributed by atoms with Gasteiger partial charge in [0.2, 0.25) is 5.91 Å². The van der Waals surface area contributed by atoms with Crippen LogP contribution in [0.5, 0.6) is 0 Å². The third kappa shape index (κ3) is 54.8. The summed E-state index contributed by atoms with van der Waals surface area (Å²) >= 11 is -1.61. The molecule has 0 radical (unpaired) electrons. The molecule has 1 heterocycles. The Morgan fingerprint density at radius 2 is 0.909 bits per heavy atom. The van der Waals surface area contributed by atoms with Crippen LogP contribution in [0, 0.1) is 62.8 Å². The molecule has 0 bridgehead atoms. The SMILES string of the molecule is C/C=C/C[C@@H](O)C[C@@H](C)COCc1ccccc1.C1CCC([PH+](C2CCCCC2)C2CCCCC2)CC1.C=CC(=O)CCC[C@@H](C)C[C@@H](C)COCc1ccccc1.COC[C@@H](C)COCc1ccccc1.C[C@H](CCCC(=O)N(C)C)C[C@@H](C)COCc1ccccc1.Cc1cc(C)c(N2[CH-]CCC2)c(C)c1.O=C=O.[Cl][Ru]([Cl])=[CH]c1ccccc1. The van der Waals surface area contributed by atoms with Gasteiger partial charge in [-0.1, -0.05) is 238 Å². The van der Waals surface area contributed by atoms with Crippen molar-refractivity contribution in [2.24, 2.45) is 35.5 Å². The number of anilines is 1. The number of allylic oxidation sites excluding steroid dienone is 2. The third-order valence-corrected chi connectivity index (χ3v) is 28.9. The van der Waals surface area contributed by atoms with Crippen molar-refractivity contribution in [2.45, 2.75) is 292 Å². The van der Waals surface area contributed by atoms with Crippen LogP contribution in [-0.4, -0.2) is 116 Å². The fourth-order valence-corrected chi connectivity index (χ4v) is 23.8. The first-order valence-electron chi connectivity index (χ1n) is 45.5. The second kappa shape index (κ2) is 70.5. The summed E-state index contributed by atoms with van der Waals surface area (Å²) in [5.74, 6) is 3.62. The molecule has 10 rings (SSSR count). The predicted octanol–water partition coefficient (Wildman–Crippen LogP) is 26.7. The molecular formula is C105H159Cl2N2O10PRu. The number of amides is 1. The zero-order chi connectivity index (χ0) is 88.5. The van der Waals surface area contributed by atoms with E-state index in [1.54, 1.807) is 108 Å². The molecule has 12 nitrogen and oxygen atoms in total. The molecule has 4 fully saturated rings. The molecule has 4 aliphatic rings. The standard InChI is InChI=1S/C19H31NO2.C19H28O2.C18H33P.C16H24O2.C13H18N.C12H18O2.C7H6.CO2.2ClH.Ru/c1-16(9-8-12-19(21)20(3)4)13-17(2)14-22-15-18-10-6-5-7-11-18;1-4-19(20)12-8-9-16(2)13-17(3)14-21-15-18-10-6-5-7-11-18;1-4-10-16(11-5-1)19(17-12-6-2-7-13-17)18-14-8-3-9-15-18;1-3-4-10-16(17)11-14(2)12-18-13-15-8-6-5-7-9-15;1-10-8-11(2)13(12(3)9-10)14-6-4-5-7-14;1-11(8-13-2)9-14-10-12-6-4-3-5-7-12;1-7-5-3-2-4-6-7;2-1-3;;;/h5-7,10-11,16-17H,8-9,12-15H2,1-4H3;4-7,10-11,16-17H,1,8-9,12-15H2,2-3H3;16-18H,1-15H2;3-9,14,16-17H,10-13H2,1-2H3;6,8-9H,4-5,7H2,1-3H3;3-7,11H,8-10H2,1-2H3;1-6H;;2*1H;/q;;;;-1;;;;;;+2/p-1/b;;;4-3+;;;;;;;/t2*16-,17-;;14-,16-;;11-;;;;;/m11.1.1...../s1. The Labute approximate surface area is 749 Å². The van der Waals surface area contributed by atoms with Gasteiger partial charge in [0.1, 0.15) is 0 Å². The van der Waals surface area contributed by atoms with Crippen LogP contribution in [0.4, 0.5) is 5.69 Å². The molecule has 7 atom stereocenters. The van der Waals surface area contributed by atoms with E-state index in [-0.39, 0.29) is 31.9 Å². The van der Waals surface area contributed by atoms with Gasteiger partial charge < -0.3 is 38.6 Å². The molecule has 1 aliphatic heterocycles. The Hall–Kier alpha value is -5.62. The molecule has 6 aromatic carbocycles. The maximum absolute atomic E-state index is 11.5. The molecule has 16 heteroatoms. The summed E-state index contributed by atoms with van der Waals surface area (Å²) in [4.78, 5) is 43.0. The second-order valence-corrected chi connectivity index (χ2v) is 43.7. The molecule has 3 saturated carbocycles. The number of rotatable bonds is 40. The number of carbonyl (C=O) groups excluding carboxylic acids is 4. The monoisotopic (exact) mass is 1810 g/mol. The Bertz CT molecular complexity index is 3550. The van der Waals surface area contributed by atoms with Crippen LogP contribution >= 0.6 is 27.3 Å². The normalized spacial score (nSPS) is 15.9. The molecule has 1 N–H and O–H groups in total. The van der Waals surface area contributed by atoms with Gasteiger partial charge in [-0.3, -0.25) is 9.59 Å². The Morgan fingerprint density at radius 3 is 1.25 bits per heavy atom. The maximum atomic E-state index is 11.5. The van der Waals surface area contributed by atoms with Crippen molar-refractivity contribution in [3.05, 3.63) is 240 Å². The molecule has 0 unspecified atom stereocenters. The summed E-state index contributed by atoms with van der Waals surface area (Å²) in [6.45, 7) is 35.3. The van der Waals surface area contributed by atoms with Gasteiger partial charge >= 0.3 is 79.6 Å². The fourth-order valence-electron chi connectivity index (χ4n) is 16.7. The molecule has 6 aromatic rings. The number of aliphatic hydroxyl groups is 1. The second-order valence-electron chi connectivity index (χ2n) is 34.6. The summed E-state index contributed by atoms with van der Waals surface area (Å²) in [5, 5.41) is 9.76. The molecule has 676 valence electrons. The number of nitrogens with zero attached hydrogens (tertiary/aromatic N) is 2. The zero-order valence-electron chi connectivity index (χ0n) is 76.7. The number of aryl methyl sites for hydroxylation is 3. The number of hydrogen-bond donors (Lipinski definition) is 1. The topological polar surface area (TPSA) is 141 Å². The van der Waals surface area contributed by atoms with E-state index in [0.717, 1.165) is 83.4 Å². The van der Waals surface area contributed by atoms with Gasteiger partial charge in [-0.25, -0.2) is 6.54 Å². The number of benzene rings is 6. The zero-order valence-corrected chi connectivity index (χ0v) is 81.0. The minimum absolute atomic E-state index is 0.0465. The first-order valence-corrected chi connectivity index (χ1v) is 52.7. The molecule has 121 heavy (non-hydrogen) atoms. The van der Waals surface area contributed by atoms with Crippen LogP contribution in [0.1, 0.15) is 266 Å². The number of ether oxygens (including phenoxy) is 5. The summed E-state index contributed by atoms with van der Waals surface area (Å²) in [5.41, 5.74) is 15.3. The van der Waals surface area contributed by atoms with Crippen LogP contribution in [0.25, 0.3) is 0 Å². The van der Waals surface area contributed by atoms with Crippen molar-refractivity contribution in [3.63, 3.8) is 0 Å². The van der Waals surface area contributed by atoms with Gasteiger partial charge in [0.25, 0.3) is 0 Å². The van der Waals surface area contributed by atoms with E-state index in [1.165, 1.54) is 87.1 Å². The Balaban J connectivity index is 0.000000366. The van der Waals surface area contributed by atoms with Crippen molar-refractivity contribution in [1.82, 2.24) is 4.90 Å². The summed E-state index contributed by atoms with van der Waals surface area (Å²) in [6, 6.07) is 55.4.